The third-order valence-electron chi connectivity index (χ3n) is 1.64. The van der Waals surface area contributed by atoms with Crippen LogP contribution in [0.5, 0.6) is 0 Å². The van der Waals surface area contributed by atoms with Gasteiger partial charge in [0.2, 0.25) is 0 Å². The molecule has 0 aromatic heterocycles. The summed E-state index contributed by atoms with van der Waals surface area (Å²) in [6.45, 7) is 2.50. The fraction of sp³-hybridized carbons (Fsp3) is 0.714. The van der Waals surface area contributed by atoms with Gasteiger partial charge < -0.3 is 10.1 Å². The Morgan fingerprint density at radius 2 is 2.38 bits per heavy atom. The van der Waals surface area contributed by atoms with E-state index < -0.39 is 0 Å². The van der Waals surface area contributed by atoms with Crippen LogP contribution in [0.1, 0.15) is 6.92 Å². The molecule has 6 heteroatoms. The molecule has 1 aliphatic rings. The summed E-state index contributed by atoms with van der Waals surface area (Å²) in [4.78, 5) is 15.4. The predicted octanol–water partition coefficient (Wildman–Crippen LogP) is 1.12. The van der Waals surface area contributed by atoms with Crippen LogP contribution < -0.4 is 5.32 Å². The average molecular weight is 408 g/mol. The molecule has 4 nitrogen and oxygen atoms in total. The van der Waals surface area contributed by atoms with Crippen LogP contribution in [-0.2, 0) is 9.53 Å². The van der Waals surface area contributed by atoms with Crippen molar-refractivity contribution >= 4 is 57.0 Å². The van der Waals surface area contributed by atoms with Gasteiger partial charge in [-0.25, -0.2) is 4.79 Å². The molecule has 0 aromatic rings. The van der Waals surface area contributed by atoms with Gasteiger partial charge in [0.05, 0.1) is 13.7 Å². The summed E-state index contributed by atoms with van der Waals surface area (Å²) in [5.41, 5.74) is 0. The number of rotatable bonds is 2. The SMILES string of the molecule is COC(=O)C1CN=C(C(C)(I)I)N1. The number of ether oxygens (including phenoxy) is 1. The van der Waals surface area contributed by atoms with Crippen molar-refractivity contribution < 1.29 is 9.53 Å². The van der Waals surface area contributed by atoms with Gasteiger partial charge in [-0.15, -0.1) is 0 Å². The first kappa shape index (κ1) is 11.5. The molecule has 0 aliphatic carbocycles. The maximum atomic E-state index is 11.1. The molecule has 0 saturated carbocycles. The zero-order chi connectivity index (χ0) is 10.1. The first-order chi connectivity index (χ1) is 5.95. The second-order valence-electron chi connectivity index (χ2n) is 2.80. The predicted molar refractivity (Wildman–Crippen MR) is 67.7 cm³/mol. The Morgan fingerprint density at radius 1 is 1.77 bits per heavy atom. The highest BCUT2D eigenvalue weighted by Crippen LogP contribution is 2.29. The molecule has 1 atom stereocenters. The van der Waals surface area contributed by atoms with E-state index in [1.165, 1.54) is 7.11 Å². The molecule has 0 saturated heterocycles. The van der Waals surface area contributed by atoms with E-state index in [9.17, 15) is 4.79 Å². The molecule has 0 aromatic carbocycles. The van der Waals surface area contributed by atoms with Crippen molar-refractivity contribution in [2.24, 2.45) is 4.99 Å². The maximum absolute atomic E-state index is 11.1. The van der Waals surface area contributed by atoms with Crippen LogP contribution in [0.15, 0.2) is 4.99 Å². The number of alkyl halides is 2. The fourth-order valence-corrected chi connectivity index (χ4v) is 1.63. The lowest BCUT2D eigenvalue weighted by Crippen LogP contribution is -2.42. The number of hydrogen-bond acceptors (Lipinski definition) is 4. The highest BCUT2D eigenvalue weighted by Gasteiger charge is 2.33. The van der Waals surface area contributed by atoms with E-state index in [1.807, 2.05) is 6.92 Å². The van der Waals surface area contributed by atoms with Crippen LogP contribution in [0.3, 0.4) is 0 Å². The standard InChI is InChI=1S/C7H10I2N2O2/c1-7(8,9)6-10-3-4(11-6)5(12)13-2/h4H,3H2,1-2H3,(H,10,11). The van der Waals surface area contributed by atoms with Gasteiger partial charge in [0.15, 0.2) is 0 Å². The number of amidine groups is 1. The van der Waals surface area contributed by atoms with Crippen LogP contribution >= 0.6 is 45.2 Å². The quantitative estimate of drug-likeness (QED) is 0.424. The molecule has 13 heavy (non-hydrogen) atoms. The minimum atomic E-state index is -0.302. The van der Waals surface area contributed by atoms with Crippen molar-refractivity contribution in [1.82, 2.24) is 5.32 Å². The third kappa shape index (κ3) is 2.93. The normalized spacial score (nSPS) is 22.2. The summed E-state index contributed by atoms with van der Waals surface area (Å²) in [5, 5.41) is 3.04. The Morgan fingerprint density at radius 3 is 2.77 bits per heavy atom. The Hall–Kier alpha value is 0.400. The molecule has 0 bridgehead atoms. The largest absolute Gasteiger partial charge is 0.467 e. The molecule has 1 unspecified atom stereocenters. The van der Waals surface area contributed by atoms with Crippen molar-refractivity contribution in [1.29, 1.82) is 0 Å². The minimum Gasteiger partial charge on any atom is -0.467 e. The van der Waals surface area contributed by atoms with E-state index in [4.69, 9.17) is 0 Å². The molecule has 1 N–H and O–H groups in total. The molecule has 0 radical (unpaired) electrons. The highest BCUT2D eigenvalue weighted by molar-refractivity contribution is 14.2. The summed E-state index contributed by atoms with van der Waals surface area (Å²) in [7, 11) is 1.38. The number of methoxy groups -OCH3 is 1. The van der Waals surface area contributed by atoms with E-state index in [0.717, 1.165) is 5.84 Å². The maximum Gasteiger partial charge on any atom is 0.330 e. The average Bonchev–Trinajstić information content (AvgIpc) is 2.50. The van der Waals surface area contributed by atoms with Gasteiger partial charge in [-0.1, -0.05) is 45.2 Å². The number of hydrogen-bond donors (Lipinski definition) is 1. The Kier molecular flexibility index (Phi) is 3.78. The lowest BCUT2D eigenvalue weighted by molar-refractivity contribution is -0.142. The van der Waals surface area contributed by atoms with E-state index in [2.05, 4.69) is 60.2 Å². The van der Waals surface area contributed by atoms with Gasteiger partial charge in [-0.2, -0.15) is 0 Å². The lowest BCUT2D eigenvalue weighted by atomic mass is 10.3. The van der Waals surface area contributed by atoms with Crippen molar-refractivity contribution in [3.8, 4) is 0 Å². The van der Waals surface area contributed by atoms with Crippen molar-refractivity contribution in [3.63, 3.8) is 0 Å². The molecule has 1 heterocycles. The van der Waals surface area contributed by atoms with Gasteiger partial charge >= 0.3 is 5.97 Å². The molecule has 0 spiro atoms. The summed E-state index contributed by atoms with van der Waals surface area (Å²) in [5.74, 6) is 0.597. The second-order valence-corrected chi connectivity index (χ2v) is 9.18. The number of nitrogens with one attached hydrogen (secondary N) is 1. The third-order valence-corrected chi connectivity index (χ3v) is 2.67. The van der Waals surface area contributed by atoms with Crippen molar-refractivity contribution in [3.05, 3.63) is 0 Å². The summed E-state index contributed by atoms with van der Waals surface area (Å²) in [6, 6.07) is -0.302. The van der Waals surface area contributed by atoms with Crippen molar-refractivity contribution in [2.45, 2.75) is 14.4 Å². The molecular formula is C7H10I2N2O2. The first-order valence-corrected chi connectivity index (χ1v) is 5.88. The monoisotopic (exact) mass is 408 g/mol. The van der Waals surface area contributed by atoms with Gasteiger partial charge in [0.25, 0.3) is 0 Å². The topological polar surface area (TPSA) is 50.7 Å². The van der Waals surface area contributed by atoms with E-state index in [0.29, 0.717) is 6.54 Å². The van der Waals surface area contributed by atoms with Gasteiger partial charge in [-0.3, -0.25) is 4.99 Å². The second kappa shape index (κ2) is 4.28. The zero-order valence-corrected chi connectivity index (χ0v) is 11.6. The van der Waals surface area contributed by atoms with Crippen LogP contribution in [0, 0.1) is 0 Å². The van der Waals surface area contributed by atoms with Crippen molar-refractivity contribution in [2.75, 3.05) is 13.7 Å². The van der Waals surface area contributed by atoms with Crippen LogP contribution in [0.2, 0.25) is 0 Å². The fourth-order valence-electron chi connectivity index (χ4n) is 0.980. The Balaban J connectivity index is 2.57. The van der Waals surface area contributed by atoms with E-state index in [-0.39, 0.29) is 13.4 Å². The van der Waals surface area contributed by atoms with E-state index in [1.54, 1.807) is 0 Å². The number of halogens is 2. The lowest BCUT2D eigenvalue weighted by Gasteiger charge is -2.16. The summed E-state index contributed by atoms with van der Waals surface area (Å²) >= 11 is 4.53. The molecule has 0 fully saturated rings. The number of nitrogens with zero attached hydrogens (tertiary/aromatic N) is 1. The number of esters is 1. The highest BCUT2D eigenvalue weighted by atomic mass is 127. The smallest absolute Gasteiger partial charge is 0.330 e. The zero-order valence-electron chi connectivity index (χ0n) is 7.30. The van der Waals surface area contributed by atoms with Gasteiger partial charge in [0, 0.05) is 0 Å². The first-order valence-electron chi connectivity index (χ1n) is 3.72. The summed E-state index contributed by atoms with van der Waals surface area (Å²) < 4.78 is 4.53. The van der Waals surface area contributed by atoms with E-state index >= 15 is 0 Å². The molecular weight excluding hydrogens is 398 g/mol. The summed E-state index contributed by atoms with van der Waals surface area (Å²) in [6.07, 6.45) is 0. The van der Waals surface area contributed by atoms with Crippen LogP contribution in [0.25, 0.3) is 0 Å². The van der Waals surface area contributed by atoms with Gasteiger partial charge in [-0.05, 0) is 6.92 Å². The molecule has 74 valence electrons. The number of carbonyl (C=O) groups excluding carboxylic acids is 1. The van der Waals surface area contributed by atoms with Crippen LogP contribution in [0.4, 0.5) is 0 Å². The Labute approximate surface area is 104 Å². The minimum absolute atomic E-state index is 0.0850. The van der Waals surface area contributed by atoms with Crippen LogP contribution in [-0.4, -0.2) is 32.9 Å². The van der Waals surface area contributed by atoms with Gasteiger partial charge in [0.1, 0.15) is 13.3 Å². The number of carbonyl (C=O) groups is 1. The molecule has 1 rings (SSSR count). The molecule has 1 aliphatic heterocycles. The Bertz CT molecular complexity index is 247. The number of aliphatic imine (C=N–C) groups is 1. The molecule has 0 amide bonds.